The Labute approximate surface area is 91.6 Å². The predicted octanol–water partition coefficient (Wildman–Crippen LogP) is 0.808. The zero-order chi connectivity index (χ0) is 11.5. The fourth-order valence-corrected chi connectivity index (χ4v) is 1.30. The van der Waals surface area contributed by atoms with E-state index < -0.39 is 5.69 Å². The van der Waals surface area contributed by atoms with Crippen LogP contribution in [0.1, 0.15) is 11.4 Å². The van der Waals surface area contributed by atoms with Gasteiger partial charge in [-0.1, -0.05) is 18.2 Å². The van der Waals surface area contributed by atoms with Gasteiger partial charge < -0.3 is 0 Å². The van der Waals surface area contributed by atoms with Crippen molar-refractivity contribution < 1.29 is 0 Å². The standard InChI is InChI=1S/C11H8N4O/c1-8-10(7-12)14-15(11(16)13-8)9-5-3-2-4-6-9/h2-6H,1H3. The van der Waals surface area contributed by atoms with Crippen molar-refractivity contribution >= 4 is 0 Å². The second kappa shape index (κ2) is 3.95. The minimum absolute atomic E-state index is 0.156. The molecular weight excluding hydrogens is 204 g/mol. The van der Waals surface area contributed by atoms with Gasteiger partial charge in [-0.25, -0.2) is 4.79 Å². The molecule has 0 aliphatic rings. The van der Waals surface area contributed by atoms with Gasteiger partial charge in [0, 0.05) is 0 Å². The van der Waals surface area contributed by atoms with Crippen molar-refractivity contribution in [1.82, 2.24) is 14.8 Å². The van der Waals surface area contributed by atoms with E-state index >= 15 is 0 Å². The van der Waals surface area contributed by atoms with Crippen LogP contribution in [-0.4, -0.2) is 14.8 Å². The lowest BCUT2D eigenvalue weighted by Crippen LogP contribution is -2.26. The topological polar surface area (TPSA) is 71.6 Å². The maximum absolute atomic E-state index is 11.6. The Morgan fingerprint density at radius 2 is 2.00 bits per heavy atom. The van der Waals surface area contributed by atoms with Crippen molar-refractivity contribution in [2.45, 2.75) is 6.92 Å². The van der Waals surface area contributed by atoms with E-state index in [1.807, 2.05) is 12.1 Å². The number of benzene rings is 1. The van der Waals surface area contributed by atoms with Crippen LogP contribution in [0.4, 0.5) is 0 Å². The van der Waals surface area contributed by atoms with Gasteiger partial charge in [0.05, 0.1) is 11.4 Å². The summed E-state index contributed by atoms with van der Waals surface area (Å²) in [5.74, 6) is 0. The Balaban J connectivity index is 2.68. The Kier molecular flexibility index (Phi) is 2.48. The molecule has 5 heteroatoms. The summed E-state index contributed by atoms with van der Waals surface area (Å²) in [6.07, 6.45) is 0. The summed E-state index contributed by atoms with van der Waals surface area (Å²) in [6, 6.07) is 10.8. The van der Waals surface area contributed by atoms with Crippen molar-refractivity contribution in [2.24, 2.45) is 0 Å². The molecule has 0 saturated heterocycles. The van der Waals surface area contributed by atoms with Crippen LogP contribution in [0.2, 0.25) is 0 Å². The molecule has 2 rings (SSSR count). The Morgan fingerprint density at radius 3 is 2.62 bits per heavy atom. The highest BCUT2D eigenvalue weighted by Gasteiger charge is 2.07. The van der Waals surface area contributed by atoms with Crippen LogP contribution in [0.15, 0.2) is 35.1 Å². The van der Waals surface area contributed by atoms with Gasteiger partial charge in [0.2, 0.25) is 0 Å². The summed E-state index contributed by atoms with van der Waals surface area (Å²) in [5.41, 5.74) is 0.613. The van der Waals surface area contributed by atoms with Gasteiger partial charge in [-0.2, -0.15) is 20.0 Å². The second-order valence-corrected chi connectivity index (χ2v) is 3.19. The number of aryl methyl sites for hydroxylation is 1. The van der Waals surface area contributed by atoms with Gasteiger partial charge in [0.15, 0.2) is 5.69 Å². The average molecular weight is 212 g/mol. The SMILES string of the molecule is Cc1nc(=O)n(-c2ccccc2)nc1C#N. The summed E-state index contributed by atoms with van der Waals surface area (Å²) < 4.78 is 1.12. The molecule has 1 aromatic heterocycles. The van der Waals surface area contributed by atoms with Gasteiger partial charge in [-0.15, -0.1) is 0 Å². The van der Waals surface area contributed by atoms with Gasteiger partial charge in [0.1, 0.15) is 6.07 Å². The van der Waals surface area contributed by atoms with Gasteiger partial charge in [0.25, 0.3) is 0 Å². The number of rotatable bonds is 1. The molecule has 0 amide bonds. The van der Waals surface area contributed by atoms with Gasteiger partial charge in [-0.05, 0) is 19.1 Å². The van der Waals surface area contributed by atoms with Crippen molar-refractivity contribution in [3.05, 3.63) is 52.2 Å². The van der Waals surface area contributed by atoms with Crippen LogP contribution in [-0.2, 0) is 0 Å². The van der Waals surface area contributed by atoms with E-state index in [4.69, 9.17) is 5.26 Å². The first kappa shape index (κ1) is 10.1. The molecule has 0 bridgehead atoms. The number of nitrogens with zero attached hydrogens (tertiary/aromatic N) is 4. The minimum atomic E-state index is -0.484. The van der Waals surface area contributed by atoms with E-state index in [-0.39, 0.29) is 5.69 Å². The molecule has 2 aromatic rings. The maximum Gasteiger partial charge on any atom is 0.369 e. The van der Waals surface area contributed by atoms with E-state index in [1.165, 1.54) is 0 Å². The van der Waals surface area contributed by atoms with E-state index in [0.29, 0.717) is 11.4 Å². The number of aromatic nitrogens is 3. The van der Waals surface area contributed by atoms with Crippen LogP contribution >= 0.6 is 0 Å². The normalized spacial score (nSPS) is 9.75. The Bertz CT molecular complexity index is 610. The average Bonchev–Trinajstić information content (AvgIpc) is 2.30. The molecule has 0 fully saturated rings. The lowest BCUT2D eigenvalue weighted by atomic mass is 10.3. The first-order valence-electron chi connectivity index (χ1n) is 4.66. The molecule has 0 N–H and O–H groups in total. The molecule has 5 nitrogen and oxygen atoms in total. The third-order valence-corrected chi connectivity index (χ3v) is 2.09. The molecule has 0 saturated carbocycles. The van der Waals surface area contributed by atoms with Crippen molar-refractivity contribution in [3.63, 3.8) is 0 Å². The van der Waals surface area contributed by atoms with E-state index in [0.717, 1.165) is 4.68 Å². The number of nitriles is 1. The third-order valence-electron chi connectivity index (χ3n) is 2.09. The monoisotopic (exact) mass is 212 g/mol. The summed E-state index contributed by atoms with van der Waals surface area (Å²) in [5, 5.41) is 12.8. The number of para-hydroxylation sites is 1. The first-order chi connectivity index (χ1) is 7.72. The summed E-state index contributed by atoms with van der Waals surface area (Å²) in [6.45, 7) is 1.59. The van der Waals surface area contributed by atoms with E-state index in [1.54, 1.807) is 31.2 Å². The molecule has 78 valence electrons. The molecular formula is C11H8N4O. The van der Waals surface area contributed by atoms with Crippen molar-refractivity contribution in [2.75, 3.05) is 0 Å². The zero-order valence-corrected chi connectivity index (χ0v) is 8.58. The fourth-order valence-electron chi connectivity index (χ4n) is 1.30. The third kappa shape index (κ3) is 1.68. The summed E-state index contributed by atoms with van der Waals surface area (Å²) in [7, 11) is 0. The van der Waals surface area contributed by atoms with Crippen molar-refractivity contribution in [1.29, 1.82) is 5.26 Å². The summed E-state index contributed by atoms with van der Waals surface area (Å²) >= 11 is 0. The first-order valence-corrected chi connectivity index (χ1v) is 4.66. The molecule has 0 spiro atoms. The highest BCUT2D eigenvalue weighted by molar-refractivity contribution is 5.31. The van der Waals surface area contributed by atoms with Crippen LogP contribution in [0, 0.1) is 18.3 Å². The zero-order valence-electron chi connectivity index (χ0n) is 8.58. The predicted molar refractivity (Wildman–Crippen MR) is 57.1 cm³/mol. The lowest BCUT2D eigenvalue weighted by Gasteiger charge is -2.03. The molecule has 0 radical (unpaired) electrons. The van der Waals surface area contributed by atoms with Crippen LogP contribution in [0.5, 0.6) is 0 Å². The molecule has 0 aliphatic heterocycles. The Hall–Kier alpha value is -2.48. The van der Waals surface area contributed by atoms with Crippen LogP contribution in [0.25, 0.3) is 5.69 Å². The molecule has 0 unspecified atom stereocenters. The largest absolute Gasteiger partial charge is 0.369 e. The molecule has 16 heavy (non-hydrogen) atoms. The Morgan fingerprint density at radius 1 is 1.31 bits per heavy atom. The highest BCUT2D eigenvalue weighted by Crippen LogP contribution is 2.03. The van der Waals surface area contributed by atoms with E-state index in [9.17, 15) is 4.79 Å². The molecule has 1 aromatic carbocycles. The van der Waals surface area contributed by atoms with Crippen LogP contribution in [0.3, 0.4) is 0 Å². The smallest absolute Gasteiger partial charge is 0.244 e. The maximum atomic E-state index is 11.6. The molecule has 1 heterocycles. The molecule has 0 atom stereocenters. The lowest BCUT2D eigenvalue weighted by molar-refractivity contribution is 0.740. The number of hydrogen-bond donors (Lipinski definition) is 0. The van der Waals surface area contributed by atoms with Gasteiger partial charge >= 0.3 is 5.69 Å². The van der Waals surface area contributed by atoms with E-state index in [2.05, 4.69) is 10.1 Å². The quantitative estimate of drug-likeness (QED) is 0.701. The summed E-state index contributed by atoms with van der Waals surface area (Å²) in [4.78, 5) is 15.3. The minimum Gasteiger partial charge on any atom is -0.244 e. The van der Waals surface area contributed by atoms with Crippen LogP contribution < -0.4 is 5.69 Å². The highest BCUT2D eigenvalue weighted by atomic mass is 16.1. The van der Waals surface area contributed by atoms with Gasteiger partial charge in [-0.3, -0.25) is 0 Å². The molecule has 0 aliphatic carbocycles. The fraction of sp³-hybridized carbons (Fsp3) is 0.0909. The number of hydrogen-bond acceptors (Lipinski definition) is 4. The second-order valence-electron chi connectivity index (χ2n) is 3.19. The van der Waals surface area contributed by atoms with Crippen molar-refractivity contribution in [3.8, 4) is 11.8 Å².